The molecule has 0 spiro atoms. The van der Waals surface area contributed by atoms with Crippen LogP contribution in [0.5, 0.6) is 0 Å². The van der Waals surface area contributed by atoms with Crippen LogP contribution < -0.4 is 4.90 Å². The Hall–Kier alpha value is -1.84. The molecule has 1 aromatic rings. The number of nitrogens with zero attached hydrogens (tertiary/aromatic N) is 2. The van der Waals surface area contributed by atoms with E-state index in [2.05, 4.69) is 0 Å². The SMILES string of the molecule is O=C([C@@H]1CC(=O)N(c2ccccc2)C1)N1CCCC1. The monoisotopic (exact) mass is 258 g/mol. The molecule has 0 N–H and O–H groups in total. The van der Waals surface area contributed by atoms with Gasteiger partial charge in [-0.05, 0) is 25.0 Å². The van der Waals surface area contributed by atoms with Gasteiger partial charge in [-0.1, -0.05) is 18.2 Å². The highest BCUT2D eigenvalue weighted by atomic mass is 16.2. The number of hydrogen-bond donors (Lipinski definition) is 0. The van der Waals surface area contributed by atoms with Crippen molar-refractivity contribution in [2.75, 3.05) is 24.5 Å². The summed E-state index contributed by atoms with van der Waals surface area (Å²) >= 11 is 0. The minimum Gasteiger partial charge on any atom is -0.342 e. The molecule has 1 aromatic carbocycles. The number of hydrogen-bond acceptors (Lipinski definition) is 2. The second-order valence-corrected chi connectivity index (χ2v) is 5.27. The first kappa shape index (κ1) is 12.2. The molecule has 0 radical (unpaired) electrons. The lowest BCUT2D eigenvalue weighted by molar-refractivity contribution is -0.134. The summed E-state index contributed by atoms with van der Waals surface area (Å²) in [5.74, 6) is 0.0545. The van der Waals surface area contributed by atoms with Gasteiger partial charge in [0.25, 0.3) is 0 Å². The Morgan fingerprint density at radius 2 is 1.79 bits per heavy atom. The van der Waals surface area contributed by atoms with Crippen molar-refractivity contribution in [3.8, 4) is 0 Å². The molecule has 2 saturated heterocycles. The standard InChI is InChI=1S/C15H18N2O2/c18-14-10-12(15(19)16-8-4-5-9-16)11-17(14)13-6-2-1-3-7-13/h1-3,6-7,12H,4-5,8-11H2/t12-/m1/s1. The van der Waals surface area contributed by atoms with Crippen LogP contribution in [0.3, 0.4) is 0 Å². The van der Waals surface area contributed by atoms with Gasteiger partial charge < -0.3 is 9.80 Å². The van der Waals surface area contributed by atoms with E-state index in [1.54, 1.807) is 4.90 Å². The summed E-state index contributed by atoms with van der Waals surface area (Å²) in [7, 11) is 0. The fourth-order valence-electron chi connectivity index (χ4n) is 2.93. The zero-order valence-electron chi connectivity index (χ0n) is 10.9. The van der Waals surface area contributed by atoms with Crippen LogP contribution in [0, 0.1) is 5.92 Å². The summed E-state index contributed by atoms with van der Waals surface area (Å²) in [6.45, 7) is 2.24. The Bertz CT molecular complexity index is 480. The summed E-state index contributed by atoms with van der Waals surface area (Å²) < 4.78 is 0. The maximum absolute atomic E-state index is 12.3. The molecule has 100 valence electrons. The van der Waals surface area contributed by atoms with Crippen LogP contribution in [0.2, 0.25) is 0 Å². The van der Waals surface area contributed by atoms with Gasteiger partial charge in [0.05, 0.1) is 5.92 Å². The van der Waals surface area contributed by atoms with Crippen LogP contribution in [0.15, 0.2) is 30.3 Å². The van der Waals surface area contributed by atoms with Crippen molar-refractivity contribution in [3.05, 3.63) is 30.3 Å². The van der Waals surface area contributed by atoms with Gasteiger partial charge in [-0.15, -0.1) is 0 Å². The van der Waals surface area contributed by atoms with Gasteiger partial charge in [-0.2, -0.15) is 0 Å². The van der Waals surface area contributed by atoms with Gasteiger partial charge in [-0.25, -0.2) is 0 Å². The smallest absolute Gasteiger partial charge is 0.228 e. The largest absolute Gasteiger partial charge is 0.342 e. The first-order valence-electron chi connectivity index (χ1n) is 6.90. The van der Waals surface area contributed by atoms with E-state index < -0.39 is 0 Å². The van der Waals surface area contributed by atoms with Gasteiger partial charge in [-0.3, -0.25) is 9.59 Å². The molecule has 3 rings (SSSR count). The summed E-state index contributed by atoms with van der Waals surface area (Å²) in [6.07, 6.45) is 2.54. The molecule has 0 saturated carbocycles. The zero-order valence-corrected chi connectivity index (χ0v) is 10.9. The van der Waals surface area contributed by atoms with Crippen molar-refractivity contribution in [3.63, 3.8) is 0 Å². The van der Waals surface area contributed by atoms with E-state index in [1.807, 2.05) is 35.2 Å². The second-order valence-electron chi connectivity index (χ2n) is 5.27. The van der Waals surface area contributed by atoms with E-state index in [9.17, 15) is 9.59 Å². The number of benzene rings is 1. The van der Waals surface area contributed by atoms with Crippen molar-refractivity contribution >= 4 is 17.5 Å². The van der Waals surface area contributed by atoms with Crippen molar-refractivity contribution in [2.45, 2.75) is 19.3 Å². The summed E-state index contributed by atoms with van der Waals surface area (Å²) in [5, 5.41) is 0. The van der Waals surface area contributed by atoms with E-state index in [4.69, 9.17) is 0 Å². The number of carbonyl (C=O) groups excluding carboxylic acids is 2. The molecule has 2 fully saturated rings. The fourth-order valence-corrected chi connectivity index (χ4v) is 2.93. The maximum Gasteiger partial charge on any atom is 0.228 e. The molecule has 2 aliphatic rings. The van der Waals surface area contributed by atoms with E-state index in [0.717, 1.165) is 31.6 Å². The van der Waals surface area contributed by atoms with Crippen LogP contribution in [-0.2, 0) is 9.59 Å². The summed E-state index contributed by atoms with van der Waals surface area (Å²) in [6, 6.07) is 9.59. The van der Waals surface area contributed by atoms with Crippen molar-refractivity contribution in [1.29, 1.82) is 0 Å². The minimum absolute atomic E-state index is 0.0590. The van der Waals surface area contributed by atoms with Crippen LogP contribution in [-0.4, -0.2) is 36.3 Å². The fraction of sp³-hybridized carbons (Fsp3) is 0.467. The first-order valence-corrected chi connectivity index (χ1v) is 6.90. The molecule has 1 atom stereocenters. The number of likely N-dealkylation sites (tertiary alicyclic amines) is 1. The Labute approximate surface area is 113 Å². The number of amides is 2. The van der Waals surface area contributed by atoms with E-state index in [0.29, 0.717) is 13.0 Å². The van der Waals surface area contributed by atoms with Crippen molar-refractivity contribution in [1.82, 2.24) is 4.90 Å². The molecule has 2 aliphatic heterocycles. The third kappa shape index (κ3) is 2.35. The average molecular weight is 258 g/mol. The van der Waals surface area contributed by atoms with Gasteiger partial charge in [0.15, 0.2) is 0 Å². The molecule has 0 aliphatic carbocycles. The lowest BCUT2D eigenvalue weighted by Crippen LogP contribution is -2.35. The Kier molecular flexibility index (Phi) is 3.23. The normalized spacial score (nSPS) is 23.2. The Morgan fingerprint density at radius 3 is 2.47 bits per heavy atom. The molecule has 0 aromatic heterocycles. The number of carbonyl (C=O) groups is 2. The number of para-hydroxylation sites is 1. The molecule has 4 heteroatoms. The molecule has 0 unspecified atom stereocenters. The molecule has 2 amide bonds. The van der Waals surface area contributed by atoms with E-state index in [1.165, 1.54) is 0 Å². The van der Waals surface area contributed by atoms with E-state index >= 15 is 0 Å². The highest BCUT2D eigenvalue weighted by Gasteiger charge is 2.37. The quantitative estimate of drug-likeness (QED) is 0.809. The molecular weight excluding hydrogens is 240 g/mol. The van der Waals surface area contributed by atoms with E-state index in [-0.39, 0.29) is 17.7 Å². The van der Waals surface area contributed by atoms with Crippen LogP contribution in [0.4, 0.5) is 5.69 Å². The van der Waals surface area contributed by atoms with Crippen molar-refractivity contribution < 1.29 is 9.59 Å². The zero-order chi connectivity index (χ0) is 13.2. The highest BCUT2D eigenvalue weighted by molar-refractivity contribution is 6.00. The third-order valence-corrected chi connectivity index (χ3v) is 3.96. The van der Waals surface area contributed by atoms with Gasteiger partial charge >= 0.3 is 0 Å². The first-order chi connectivity index (χ1) is 9.25. The van der Waals surface area contributed by atoms with Crippen LogP contribution in [0.1, 0.15) is 19.3 Å². The second kappa shape index (κ2) is 5.03. The Balaban J connectivity index is 1.71. The van der Waals surface area contributed by atoms with Gasteiger partial charge in [0, 0.05) is 31.7 Å². The molecule has 19 heavy (non-hydrogen) atoms. The predicted molar refractivity (Wildman–Crippen MR) is 72.7 cm³/mol. The van der Waals surface area contributed by atoms with Crippen LogP contribution >= 0.6 is 0 Å². The highest BCUT2D eigenvalue weighted by Crippen LogP contribution is 2.26. The van der Waals surface area contributed by atoms with Crippen LogP contribution in [0.25, 0.3) is 0 Å². The summed E-state index contributed by atoms with van der Waals surface area (Å²) in [5.41, 5.74) is 0.893. The van der Waals surface area contributed by atoms with Crippen molar-refractivity contribution in [2.24, 2.45) is 5.92 Å². The molecule has 2 heterocycles. The number of rotatable bonds is 2. The molecule has 4 nitrogen and oxygen atoms in total. The lowest BCUT2D eigenvalue weighted by Gasteiger charge is -2.20. The van der Waals surface area contributed by atoms with Gasteiger partial charge in [0.2, 0.25) is 11.8 Å². The third-order valence-electron chi connectivity index (χ3n) is 3.96. The average Bonchev–Trinajstić information content (AvgIpc) is 3.08. The molecular formula is C15H18N2O2. The minimum atomic E-state index is -0.161. The predicted octanol–water partition coefficient (Wildman–Crippen LogP) is 1.66. The maximum atomic E-state index is 12.3. The Morgan fingerprint density at radius 1 is 1.11 bits per heavy atom. The van der Waals surface area contributed by atoms with Gasteiger partial charge in [0.1, 0.15) is 0 Å². The lowest BCUT2D eigenvalue weighted by atomic mass is 10.1. The summed E-state index contributed by atoms with van der Waals surface area (Å²) in [4.78, 5) is 28.0. The number of anilines is 1. The topological polar surface area (TPSA) is 40.6 Å². The molecule has 0 bridgehead atoms.